The third kappa shape index (κ3) is 2.79. The summed E-state index contributed by atoms with van der Waals surface area (Å²) in [5, 5.41) is 11.7. The predicted molar refractivity (Wildman–Crippen MR) is 81.6 cm³/mol. The molecule has 0 amide bonds. The molecule has 3 aromatic heterocycles. The monoisotopic (exact) mass is 363 g/mol. The molecule has 0 saturated carbocycles. The SMILES string of the molecule is FC(F)c1cc(C(F)F)n2nc(-c3nnc(-c4ccccc4)o3)cc2n1. The van der Waals surface area contributed by atoms with E-state index in [0.717, 1.165) is 4.52 Å². The van der Waals surface area contributed by atoms with Crippen LogP contribution in [0.5, 0.6) is 0 Å². The zero-order chi connectivity index (χ0) is 18.3. The second-order valence-corrected chi connectivity index (χ2v) is 5.29. The van der Waals surface area contributed by atoms with E-state index < -0.39 is 24.2 Å². The summed E-state index contributed by atoms with van der Waals surface area (Å²) >= 11 is 0. The van der Waals surface area contributed by atoms with Crippen molar-refractivity contribution in [3.05, 3.63) is 53.9 Å². The number of halogens is 4. The van der Waals surface area contributed by atoms with Crippen LogP contribution in [0.4, 0.5) is 17.6 Å². The lowest BCUT2D eigenvalue weighted by atomic mass is 10.2. The average Bonchev–Trinajstić information content (AvgIpc) is 3.28. The highest BCUT2D eigenvalue weighted by atomic mass is 19.3. The summed E-state index contributed by atoms with van der Waals surface area (Å²) in [6, 6.07) is 10.8. The first-order valence-corrected chi connectivity index (χ1v) is 7.39. The largest absolute Gasteiger partial charge is 0.415 e. The first-order valence-electron chi connectivity index (χ1n) is 7.39. The van der Waals surface area contributed by atoms with Crippen molar-refractivity contribution >= 4 is 5.65 Å². The Hall–Kier alpha value is -3.30. The van der Waals surface area contributed by atoms with Crippen LogP contribution < -0.4 is 0 Å². The molecule has 1 aromatic carbocycles. The van der Waals surface area contributed by atoms with Gasteiger partial charge in [-0.25, -0.2) is 27.1 Å². The number of hydrogen-bond donors (Lipinski definition) is 0. The molecule has 4 aromatic rings. The number of nitrogens with zero attached hydrogens (tertiary/aromatic N) is 5. The summed E-state index contributed by atoms with van der Waals surface area (Å²) in [6.45, 7) is 0. The number of rotatable bonds is 4. The van der Waals surface area contributed by atoms with Crippen LogP contribution in [0.1, 0.15) is 24.2 Å². The number of hydrogen-bond acceptors (Lipinski definition) is 5. The smallest absolute Gasteiger partial charge is 0.280 e. The molecule has 3 heterocycles. The Morgan fingerprint density at radius 3 is 2.31 bits per heavy atom. The van der Waals surface area contributed by atoms with Crippen molar-refractivity contribution in [1.82, 2.24) is 24.8 Å². The van der Waals surface area contributed by atoms with E-state index in [2.05, 4.69) is 20.3 Å². The highest BCUT2D eigenvalue weighted by molar-refractivity contribution is 5.59. The van der Waals surface area contributed by atoms with Gasteiger partial charge in [-0.2, -0.15) is 5.10 Å². The molecule has 0 spiro atoms. The molecule has 132 valence electrons. The molecular weight excluding hydrogens is 354 g/mol. The Kier molecular flexibility index (Phi) is 3.86. The summed E-state index contributed by atoms with van der Waals surface area (Å²) in [5.74, 6) is 0.182. The highest BCUT2D eigenvalue weighted by Crippen LogP contribution is 2.28. The van der Waals surface area contributed by atoms with Crippen LogP contribution in [0.25, 0.3) is 28.7 Å². The predicted octanol–water partition coefficient (Wildman–Crippen LogP) is 4.32. The fourth-order valence-electron chi connectivity index (χ4n) is 2.41. The minimum absolute atomic E-state index is 0.0341. The van der Waals surface area contributed by atoms with Crippen molar-refractivity contribution in [1.29, 1.82) is 0 Å². The summed E-state index contributed by atoms with van der Waals surface area (Å²) in [5.41, 5.74) is -0.886. The quantitative estimate of drug-likeness (QED) is 0.505. The van der Waals surface area contributed by atoms with Gasteiger partial charge in [0.1, 0.15) is 11.4 Å². The molecule has 4 rings (SSSR count). The molecule has 0 aliphatic carbocycles. The van der Waals surface area contributed by atoms with Crippen LogP contribution in [-0.2, 0) is 0 Å². The Balaban J connectivity index is 1.81. The van der Waals surface area contributed by atoms with E-state index in [1.165, 1.54) is 6.07 Å². The lowest BCUT2D eigenvalue weighted by molar-refractivity contribution is 0.135. The third-order valence-corrected chi connectivity index (χ3v) is 3.59. The molecule has 0 atom stereocenters. The maximum absolute atomic E-state index is 13.2. The van der Waals surface area contributed by atoms with Crippen molar-refractivity contribution in [2.75, 3.05) is 0 Å². The maximum atomic E-state index is 13.2. The van der Waals surface area contributed by atoms with E-state index in [-0.39, 0.29) is 23.1 Å². The van der Waals surface area contributed by atoms with Crippen LogP contribution in [0, 0.1) is 0 Å². The first kappa shape index (κ1) is 16.2. The number of alkyl halides is 4. The van der Waals surface area contributed by atoms with Crippen LogP contribution >= 0.6 is 0 Å². The summed E-state index contributed by atoms with van der Waals surface area (Å²) < 4.78 is 58.4. The lowest BCUT2D eigenvalue weighted by Crippen LogP contribution is -2.04. The zero-order valence-electron chi connectivity index (χ0n) is 12.9. The molecule has 0 radical (unpaired) electrons. The van der Waals surface area contributed by atoms with Gasteiger partial charge in [-0.05, 0) is 18.2 Å². The second kappa shape index (κ2) is 6.21. The molecule has 26 heavy (non-hydrogen) atoms. The number of benzene rings is 1. The molecule has 0 bridgehead atoms. The summed E-state index contributed by atoms with van der Waals surface area (Å²) in [6.07, 6.45) is -5.99. The minimum Gasteiger partial charge on any atom is -0.415 e. The van der Waals surface area contributed by atoms with Gasteiger partial charge in [0, 0.05) is 11.6 Å². The summed E-state index contributed by atoms with van der Waals surface area (Å²) in [4.78, 5) is 3.66. The Bertz CT molecular complexity index is 1060. The average molecular weight is 363 g/mol. The molecule has 0 aliphatic rings. The molecule has 0 fully saturated rings. The summed E-state index contributed by atoms with van der Waals surface area (Å²) in [7, 11) is 0. The molecule has 10 heteroatoms. The van der Waals surface area contributed by atoms with Crippen molar-refractivity contribution in [3.63, 3.8) is 0 Å². The number of aromatic nitrogens is 5. The Morgan fingerprint density at radius 2 is 1.62 bits per heavy atom. The van der Waals surface area contributed by atoms with Gasteiger partial charge >= 0.3 is 0 Å². The Labute approximate surface area is 143 Å². The van der Waals surface area contributed by atoms with Crippen LogP contribution in [0.15, 0.2) is 46.9 Å². The van der Waals surface area contributed by atoms with Gasteiger partial charge in [0.25, 0.3) is 18.7 Å². The van der Waals surface area contributed by atoms with E-state index >= 15 is 0 Å². The number of fused-ring (bicyclic) bond motifs is 1. The van der Waals surface area contributed by atoms with Gasteiger partial charge in [-0.1, -0.05) is 18.2 Å². The van der Waals surface area contributed by atoms with Gasteiger partial charge < -0.3 is 4.42 Å². The van der Waals surface area contributed by atoms with Crippen LogP contribution in [0.3, 0.4) is 0 Å². The fourth-order valence-corrected chi connectivity index (χ4v) is 2.41. The van der Waals surface area contributed by atoms with Gasteiger partial charge in [-0.15, -0.1) is 10.2 Å². The zero-order valence-corrected chi connectivity index (χ0v) is 12.9. The normalized spacial score (nSPS) is 11.8. The minimum atomic E-state index is -3.01. The highest BCUT2D eigenvalue weighted by Gasteiger charge is 2.22. The van der Waals surface area contributed by atoms with Crippen molar-refractivity contribution in [3.8, 4) is 23.0 Å². The molecule has 0 unspecified atom stereocenters. The van der Waals surface area contributed by atoms with Gasteiger partial charge in [0.05, 0.1) is 0 Å². The third-order valence-electron chi connectivity index (χ3n) is 3.59. The van der Waals surface area contributed by atoms with Crippen molar-refractivity contribution < 1.29 is 22.0 Å². The van der Waals surface area contributed by atoms with Crippen molar-refractivity contribution in [2.24, 2.45) is 0 Å². The van der Waals surface area contributed by atoms with E-state index in [1.54, 1.807) is 24.3 Å². The van der Waals surface area contributed by atoms with E-state index in [0.29, 0.717) is 11.6 Å². The second-order valence-electron chi connectivity index (χ2n) is 5.29. The van der Waals surface area contributed by atoms with Gasteiger partial charge in [-0.3, -0.25) is 0 Å². The standard InChI is InChI=1S/C16H9F4N5O/c17-13(18)9-6-11(14(19)20)25-12(21-9)7-10(24-25)16-23-22-15(26-16)8-4-2-1-3-5-8/h1-7,13-14H. The fraction of sp³-hybridized carbons (Fsp3) is 0.125. The topological polar surface area (TPSA) is 69.1 Å². The van der Waals surface area contributed by atoms with Crippen LogP contribution in [-0.4, -0.2) is 24.8 Å². The molecule has 0 saturated heterocycles. The molecule has 0 N–H and O–H groups in total. The molecular formula is C16H9F4N5O. The lowest BCUT2D eigenvalue weighted by Gasteiger charge is -2.06. The van der Waals surface area contributed by atoms with Gasteiger partial charge in [0.2, 0.25) is 5.89 Å². The molecule has 0 aliphatic heterocycles. The van der Waals surface area contributed by atoms with E-state index in [1.807, 2.05) is 6.07 Å². The van der Waals surface area contributed by atoms with E-state index in [4.69, 9.17) is 4.42 Å². The Morgan fingerprint density at radius 1 is 0.885 bits per heavy atom. The molecule has 6 nitrogen and oxygen atoms in total. The van der Waals surface area contributed by atoms with E-state index in [9.17, 15) is 17.6 Å². The maximum Gasteiger partial charge on any atom is 0.280 e. The van der Waals surface area contributed by atoms with Crippen LogP contribution in [0.2, 0.25) is 0 Å². The van der Waals surface area contributed by atoms with Gasteiger partial charge in [0.15, 0.2) is 11.3 Å². The first-order chi connectivity index (χ1) is 12.5. The van der Waals surface area contributed by atoms with Crippen molar-refractivity contribution in [2.45, 2.75) is 12.9 Å².